The van der Waals surface area contributed by atoms with Gasteiger partial charge in [0.2, 0.25) is 0 Å². The average molecular weight is 276 g/mol. The molecule has 8 heteroatoms. The van der Waals surface area contributed by atoms with Gasteiger partial charge >= 0.3 is 18.2 Å². The Bertz CT molecular complexity index is 302. The Morgan fingerprint density at radius 3 is 1.95 bits per heavy atom. The fourth-order valence-electron chi connectivity index (χ4n) is 1.39. The van der Waals surface area contributed by atoms with Crippen molar-refractivity contribution in [2.75, 3.05) is 19.8 Å². The summed E-state index contributed by atoms with van der Waals surface area (Å²) in [6.07, 6.45) is -1.67. The van der Waals surface area contributed by atoms with Crippen LogP contribution in [-0.4, -0.2) is 54.0 Å². The molecule has 0 rings (SSSR count). The molecule has 0 heterocycles. The summed E-state index contributed by atoms with van der Waals surface area (Å²) in [5.41, 5.74) is 5.30. The van der Waals surface area contributed by atoms with Gasteiger partial charge in [0.15, 0.2) is 0 Å². The molecule has 19 heavy (non-hydrogen) atoms. The molecule has 0 aliphatic heterocycles. The minimum absolute atomic E-state index is 0.0258. The number of hydrogen-bond acceptors (Lipinski definition) is 6. The van der Waals surface area contributed by atoms with E-state index in [1.165, 1.54) is 0 Å². The smallest absolute Gasteiger partial charge is 0.420 e. The van der Waals surface area contributed by atoms with E-state index in [2.05, 4.69) is 9.47 Å². The Morgan fingerprint density at radius 1 is 1.16 bits per heavy atom. The fraction of sp³-hybridized carbons (Fsp3) is 0.727. The van der Waals surface area contributed by atoms with Gasteiger partial charge in [-0.25, -0.2) is 14.4 Å². The first kappa shape index (κ1) is 17.2. The second kappa shape index (κ2) is 9.15. The molecule has 0 aliphatic carbocycles. The number of carboxylic acids is 1. The van der Waals surface area contributed by atoms with E-state index in [1.54, 1.807) is 13.8 Å². The maximum absolute atomic E-state index is 11.7. The summed E-state index contributed by atoms with van der Waals surface area (Å²) in [6.45, 7) is 3.41. The van der Waals surface area contributed by atoms with E-state index in [4.69, 9.17) is 10.8 Å². The van der Waals surface area contributed by atoms with Gasteiger partial charge in [0.1, 0.15) is 6.04 Å². The Balaban J connectivity index is 5.08. The number of rotatable bonds is 7. The van der Waals surface area contributed by atoms with Gasteiger partial charge in [0, 0.05) is 0 Å². The number of hydrogen-bond donors (Lipinski definition) is 2. The van der Waals surface area contributed by atoms with Crippen LogP contribution in [0.1, 0.15) is 26.7 Å². The summed E-state index contributed by atoms with van der Waals surface area (Å²) < 4.78 is 9.35. The van der Waals surface area contributed by atoms with E-state index in [1.807, 2.05) is 0 Å². The van der Waals surface area contributed by atoms with Crippen molar-refractivity contribution in [1.82, 2.24) is 4.90 Å². The third-order valence-corrected chi connectivity index (χ3v) is 2.21. The number of imide groups is 1. The van der Waals surface area contributed by atoms with Gasteiger partial charge < -0.3 is 20.3 Å². The highest BCUT2D eigenvalue weighted by atomic mass is 16.6. The van der Waals surface area contributed by atoms with E-state index in [-0.39, 0.29) is 26.2 Å². The highest BCUT2D eigenvalue weighted by molar-refractivity contribution is 5.93. The monoisotopic (exact) mass is 276 g/mol. The lowest BCUT2D eigenvalue weighted by molar-refractivity contribution is -0.142. The van der Waals surface area contributed by atoms with Crippen molar-refractivity contribution < 1.29 is 29.0 Å². The number of aliphatic carboxylic acids is 1. The summed E-state index contributed by atoms with van der Waals surface area (Å²) in [4.78, 5) is 35.0. The van der Waals surface area contributed by atoms with Gasteiger partial charge in [0.25, 0.3) is 0 Å². The molecule has 0 aliphatic rings. The summed E-state index contributed by atoms with van der Waals surface area (Å²) in [5.74, 6) is -1.31. The maximum atomic E-state index is 11.7. The first-order valence-electron chi connectivity index (χ1n) is 6.05. The highest BCUT2D eigenvalue weighted by Gasteiger charge is 2.36. The third kappa shape index (κ3) is 5.56. The maximum Gasteiger partial charge on any atom is 0.420 e. The van der Waals surface area contributed by atoms with Gasteiger partial charge in [-0.15, -0.1) is 0 Å². The van der Waals surface area contributed by atoms with Crippen molar-refractivity contribution in [2.24, 2.45) is 5.73 Å². The largest absolute Gasteiger partial charge is 0.480 e. The normalized spacial score (nSPS) is 11.5. The second-order valence-corrected chi connectivity index (χ2v) is 3.55. The van der Waals surface area contributed by atoms with E-state index in [0.29, 0.717) is 11.3 Å². The number of nitrogens with two attached hydrogens (primary N) is 1. The Hall–Kier alpha value is -1.83. The van der Waals surface area contributed by atoms with Crippen molar-refractivity contribution >= 4 is 18.2 Å². The van der Waals surface area contributed by atoms with Gasteiger partial charge in [-0.3, -0.25) is 0 Å². The lowest BCUT2D eigenvalue weighted by atomic mass is 10.1. The first-order valence-corrected chi connectivity index (χ1v) is 6.05. The Morgan fingerprint density at radius 2 is 1.63 bits per heavy atom. The lowest BCUT2D eigenvalue weighted by Gasteiger charge is -2.25. The zero-order valence-corrected chi connectivity index (χ0v) is 11.1. The van der Waals surface area contributed by atoms with E-state index in [9.17, 15) is 14.4 Å². The van der Waals surface area contributed by atoms with Gasteiger partial charge in [-0.2, -0.15) is 4.90 Å². The molecule has 110 valence electrons. The average Bonchev–Trinajstić information content (AvgIpc) is 2.34. The zero-order valence-electron chi connectivity index (χ0n) is 11.1. The van der Waals surface area contributed by atoms with Crippen LogP contribution in [0.2, 0.25) is 0 Å². The van der Waals surface area contributed by atoms with Crippen LogP contribution in [0.5, 0.6) is 0 Å². The highest BCUT2D eigenvalue weighted by Crippen LogP contribution is 2.11. The Kier molecular flexibility index (Phi) is 8.27. The standard InChI is InChI=1S/C11H20N2O6/c1-3-18-10(16)13(11(17)19-4-2)8(9(14)15)6-5-7-12/h8H,3-7,12H2,1-2H3,(H,14,15). The van der Waals surface area contributed by atoms with Gasteiger partial charge in [-0.1, -0.05) is 0 Å². The fourth-order valence-corrected chi connectivity index (χ4v) is 1.39. The number of carbonyl (C=O) groups excluding carboxylic acids is 2. The van der Waals surface area contributed by atoms with Crippen LogP contribution in [0.15, 0.2) is 0 Å². The van der Waals surface area contributed by atoms with E-state index < -0.39 is 24.2 Å². The molecular formula is C11H20N2O6. The van der Waals surface area contributed by atoms with Crippen LogP contribution >= 0.6 is 0 Å². The van der Waals surface area contributed by atoms with Crippen LogP contribution in [0.4, 0.5) is 9.59 Å². The molecule has 1 unspecified atom stereocenters. The van der Waals surface area contributed by atoms with Crippen molar-refractivity contribution in [3.63, 3.8) is 0 Å². The molecule has 0 aromatic carbocycles. The van der Waals surface area contributed by atoms with Crippen molar-refractivity contribution in [1.29, 1.82) is 0 Å². The van der Waals surface area contributed by atoms with Crippen LogP contribution in [-0.2, 0) is 14.3 Å². The molecule has 2 amide bonds. The van der Waals surface area contributed by atoms with Crippen LogP contribution in [0.3, 0.4) is 0 Å². The summed E-state index contributed by atoms with van der Waals surface area (Å²) in [5, 5.41) is 9.11. The molecule has 0 aromatic rings. The topological polar surface area (TPSA) is 119 Å². The van der Waals surface area contributed by atoms with Crippen molar-refractivity contribution in [3.05, 3.63) is 0 Å². The van der Waals surface area contributed by atoms with Crippen LogP contribution in [0.25, 0.3) is 0 Å². The molecule has 0 fully saturated rings. The SMILES string of the molecule is CCOC(=O)N(C(=O)OCC)C(CCCN)C(=O)O. The predicted octanol–water partition coefficient (Wildman–Crippen LogP) is 0.794. The summed E-state index contributed by atoms with van der Waals surface area (Å²) in [7, 11) is 0. The van der Waals surface area contributed by atoms with Gasteiger partial charge in [-0.05, 0) is 33.2 Å². The molecule has 0 radical (unpaired) electrons. The zero-order chi connectivity index (χ0) is 14.8. The summed E-state index contributed by atoms with van der Waals surface area (Å²) >= 11 is 0. The molecule has 0 saturated heterocycles. The van der Waals surface area contributed by atoms with Gasteiger partial charge in [0.05, 0.1) is 13.2 Å². The minimum atomic E-state index is -1.35. The molecular weight excluding hydrogens is 256 g/mol. The van der Waals surface area contributed by atoms with Crippen molar-refractivity contribution in [2.45, 2.75) is 32.7 Å². The van der Waals surface area contributed by atoms with E-state index >= 15 is 0 Å². The lowest BCUT2D eigenvalue weighted by Crippen LogP contribution is -2.49. The summed E-state index contributed by atoms with van der Waals surface area (Å²) in [6, 6.07) is -1.35. The molecule has 3 N–H and O–H groups in total. The minimum Gasteiger partial charge on any atom is -0.480 e. The number of ether oxygens (including phenoxy) is 2. The number of carboxylic acid groups (broad SMARTS) is 1. The predicted molar refractivity (Wildman–Crippen MR) is 65.6 cm³/mol. The second-order valence-electron chi connectivity index (χ2n) is 3.55. The van der Waals surface area contributed by atoms with Crippen molar-refractivity contribution in [3.8, 4) is 0 Å². The number of carbonyl (C=O) groups is 3. The quantitative estimate of drug-likeness (QED) is 0.705. The molecule has 0 saturated carbocycles. The molecule has 0 aromatic heterocycles. The van der Waals surface area contributed by atoms with Crippen LogP contribution in [0, 0.1) is 0 Å². The van der Waals surface area contributed by atoms with E-state index in [0.717, 1.165) is 0 Å². The Labute approximate surface area is 111 Å². The number of amides is 2. The molecule has 0 bridgehead atoms. The molecule has 8 nitrogen and oxygen atoms in total. The molecule has 1 atom stereocenters. The van der Waals surface area contributed by atoms with Crippen LogP contribution < -0.4 is 5.73 Å². The number of nitrogens with zero attached hydrogens (tertiary/aromatic N) is 1. The third-order valence-electron chi connectivity index (χ3n) is 2.21. The first-order chi connectivity index (χ1) is 8.99. The molecule has 0 spiro atoms.